The van der Waals surface area contributed by atoms with Crippen LogP contribution in [0.4, 0.5) is 18.3 Å². The predicted molar refractivity (Wildman–Crippen MR) is 95.6 cm³/mol. The molecule has 0 saturated carbocycles. The van der Waals surface area contributed by atoms with Crippen molar-refractivity contribution in [3.8, 4) is 0 Å². The second kappa shape index (κ2) is 7.67. The van der Waals surface area contributed by atoms with Crippen molar-refractivity contribution >= 4 is 28.3 Å². The van der Waals surface area contributed by atoms with Crippen molar-refractivity contribution in [2.45, 2.75) is 25.9 Å². The first-order valence-corrected chi connectivity index (χ1v) is 9.25. The van der Waals surface area contributed by atoms with Crippen molar-refractivity contribution in [3.63, 3.8) is 0 Å². The lowest BCUT2D eigenvalue weighted by Crippen LogP contribution is -2.41. The lowest BCUT2D eigenvalue weighted by Gasteiger charge is -2.31. The topological polar surface area (TPSA) is 62.3 Å². The standard InChI is InChI=1S/C18H18F3N3O2S/c1-11-10-22-17(27-11)23-15(25)12-6-8-24(9-7-12)16(26)13-2-4-14(5-3-13)18(19,20)21/h2-5,10,12H,6-9H2,1H3,(H,22,23,25). The minimum atomic E-state index is -4.43. The van der Waals surface area contributed by atoms with E-state index in [4.69, 9.17) is 0 Å². The maximum atomic E-state index is 12.6. The third kappa shape index (κ3) is 4.65. The molecule has 2 amide bonds. The smallest absolute Gasteiger partial charge is 0.339 e. The highest BCUT2D eigenvalue weighted by molar-refractivity contribution is 7.15. The lowest BCUT2D eigenvalue weighted by atomic mass is 9.95. The summed E-state index contributed by atoms with van der Waals surface area (Å²) >= 11 is 1.40. The van der Waals surface area contributed by atoms with E-state index in [0.29, 0.717) is 31.1 Å². The van der Waals surface area contributed by atoms with Gasteiger partial charge in [0.05, 0.1) is 5.56 Å². The van der Waals surface area contributed by atoms with Crippen molar-refractivity contribution in [2.24, 2.45) is 5.92 Å². The number of likely N-dealkylation sites (tertiary alicyclic amines) is 1. The van der Waals surface area contributed by atoms with Crippen LogP contribution >= 0.6 is 11.3 Å². The van der Waals surface area contributed by atoms with Crippen molar-refractivity contribution in [1.29, 1.82) is 0 Å². The average Bonchev–Trinajstić information content (AvgIpc) is 3.05. The Bertz CT molecular complexity index is 825. The molecule has 2 aromatic rings. The van der Waals surface area contributed by atoms with Crippen LogP contribution in [0.5, 0.6) is 0 Å². The van der Waals surface area contributed by atoms with Gasteiger partial charge in [0.15, 0.2) is 5.13 Å². The summed E-state index contributed by atoms with van der Waals surface area (Å²) < 4.78 is 37.8. The van der Waals surface area contributed by atoms with E-state index in [1.807, 2.05) is 6.92 Å². The van der Waals surface area contributed by atoms with E-state index in [0.717, 1.165) is 17.0 Å². The number of thiazole rings is 1. The maximum Gasteiger partial charge on any atom is 0.416 e. The Hall–Kier alpha value is -2.42. The zero-order valence-corrected chi connectivity index (χ0v) is 15.4. The van der Waals surface area contributed by atoms with E-state index < -0.39 is 11.7 Å². The van der Waals surface area contributed by atoms with E-state index in [1.165, 1.54) is 23.5 Å². The molecule has 3 rings (SSSR count). The molecule has 1 aromatic carbocycles. The first-order chi connectivity index (χ1) is 12.7. The number of carbonyl (C=O) groups excluding carboxylic acids is 2. The van der Waals surface area contributed by atoms with E-state index in [2.05, 4.69) is 10.3 Å². The highest BCUT2D eigenvalue weighted by atomic mass is 32.1. The number of carbonyl (C=O) groups is 2. The van der Waals surface area contributed by atoms with Crippen molar-refractivity contribution < 1.29 is 22.8 Å². The van der Waals surface area contributed by atoms with Gasteiger partial charge in [-0.1, -0.05) is 0 Å². The first kappa shape index (κ1) is 19.3. The number of hydrogen-bond donors (Lipinski definition) is 1. The number of amides is 2. The van der Waals surface area contributed by atoms with Gasteiger partial charge in [-0.2, -0.15) is 13.2 Å². The number of benzene rings is 1. The van der Waals surface area contributed by atoms with Gasteiger partial charge in [0, 0.05) is 35.6 Å². The number of halogens is 3. The molecule has 0 bridgehead atoms. The number of hydrogen-bond acceptors (Lipinski definition) is 4. The zero-order valence-electron chi connectivity index (χ0n) is 14.5. The molecular weight excluding hydrogens is 379 g/mol. The average molecular weight is 397 g/mol. The normalized spacial score (nSPS) is 15.6. The van der Waals surface area contributed by atoms with Crippen molar-refractivity contribution in [3.05, 3.63) is 46.5 Å². The third-order valence-corrected chi connectivity index (χ3v) is 5.29. The van der Waals surface area contributed by atoms with Crippen LogP contribution in [0.25, 0.3) is 0 Å². The molecule has 1 saturated heterocycles. The summed E-state index contributed by atoms with van der Waals surface area (Å²) in [4.78, 5) is 31.4. The number of rotatable bonds is 3. The van der Waals surface area contributed by atoms with Crippen LogP contribution in [0.1, 0.15) is 33.6 Å². The first-order valence-electron chi connectivity index (χ1n) is 8.44. The van der Waals surface area contributed by atoms with Gasteiger partial charge in [0.25, 0.3) is 5.91 Å². The molecule has 1 fully saturated rings. The van der Waals surface area contributed by atoms with Crippen LogP contribution in [-0.2, 0) is 11.0 Å². The highest BCUT2D eigenvalue weighted by Crippen LogP contribution is 2.29. The Morgan fingerprint density at radius 1 is 1.19 bits per heavy atom. The summed E-state index contributed by atoms with van der Waals surface area (Å²) in [6.45, 7) is 2.67. The molecule has 0 unspecified atom stereocenters. The minimum absolute atomic E-state index is 0.119. The zero-order chi connectivity index (χ0) is 19.6. The number of nitrogens with one attached hydrogen (secondary N) is 1. The second-order valence-electron chi connectivity index (χ2n) is 6.41. The summed E-state index contributed by atoms with van der Waals surface area (Å²) in [6.07, 6.45) is -1.74. The Morgan fingerprint density at radius 2 is 1.81 bits per heavy atom. The fourth-order valence-corrected chi connectivity index (χ4v) is 3.62. The molecule has 144 valence electrons. The number of aryl methyl sites for hydroxylation is 1. The molecule has 5 nitrogen and oxygen atoms in total. The van der Waals surface area contributed by atoms with Gasteiger partial charge in [0.1, 0.15) is 0 Å². The summed E-state index contributed by atoms with van der Waals surface area (Å²) in [5, 5.41) is 3.34. The number of piperidine rings is 1. The van der Waals surface area contributed by atoms with Crippen molar-refractivity contribution in [2.75, 3.05) is 18.4 Å². The SMILES string of the molecule is Cc1cnc(NC(=O)C2CCN(C(=O)c3ccc(C(F)(F)F)cc3)CC2)s1. The van der Waals surface area contributed by atoms with Gasteiger partial charge in [0.2, 0.25) is 5.91 Å². The molecule has 9 heteroatoms. The summed E-state index contributed by atoms with van der Waals surface area (Å²) in [7, 11) is 0. The van der Waals surface area contributed by atoms with Gasteiger partial charge < -0.3 is 10.2 Å². The van der Waals surface area contributed by atoms with Crippen LogP contribution in [-0.4, -0.2) is 34.8 Å². The molecule has 2 heterocycles. The molecule has 0 atom stereocenters. The van der Waals surface area contributed by atoms with Crippen molar-refractivity contribution in [1.82, 2.24) is 9.88 Å². The minimum Gasteiger partial charge on any atom is -0.339 e. The van der Waals surface area contributed by atoms with Gasteiger partial charge >= 0.3 is 6.18 Å². The summed E-state index contributed by atoms with van der Waals surface area (Å²) in [5.74, 6) is -0.657. The number of anilines is 1. The molecule has 27 heavy (non-hydrogen) atoms. The molecular formula is C18H18F3N3O2S. The Labute approximate surface area is 158 Å². The Balaban J connectivity index is 1.55. The van der Waals surface area contributed by atoms with E-state index in [1.54, 1.807) is 11.1 Å². The van der Waals surface area contributed by atoms with Crippen LogP contribution in [0.3, 0.4) is 0 Å². The van der Waals surface area contributed by atoms with Gasteiger partial charge in [-0.25, -0.2) is 4.98 Å². The predicted octanol–water partition coefficient (Wildman–Crippen LogP) is 3.96. The molecule has 1 aliphatic rings. The lowest BCUT2D eigenvalue weighted by molar-refractivity contribution is -0.137. The summed E-state index contributed by atoms with van der Waals surface area (Å²) in [6, 6.07) is 4.19. The largest absolute Gasteiger partial charge is 0.416 e. The molecule has 1 aliphatic heterocycles. The maximum absolute atomic E-state index is 12.6. The van der Waals surface area contributed by atoms with Gasteiger partial charge in [-0.15, -0.1) is 11.3 Å². The van der Waals surface area contributed by atoms with Crippen LogP contribution in [0, 0.1) is 12.8 Å². The van der Waals surface area contributed by atoms with Crippen LogP contribution < -0.4 is 5.32 Å². The molecule has 1 aromatic heterocycles. The molecule has 0 aliphatic carbocycles. The van der Waals surface area contributed by atoms with Crippen LogP contribution in [0.2, 0.25) is 0 Å². The van der Waals surface area contributed by atoms with E-state index in [-0.39, 0.29) is 23.3 Å². The van der Waals surface area contributed by atoms with E-state index >= 15 is 0 Å². The Morgan fingerprint density at radius 3 is 2.33 bits per heavy atom. The number of nitrogens with zero attached hydrogens (tertiary/aromatic N) is 2. The monoisotopic (exact) mass is 397 g/mol. The highest BCUT2D eigenvalue weighted by Gasteiger charge is 2.31. The van der Waals surface area contributed by atoms with Crippen LogP contribution in [0.15, 0.2) is 30.5 Å². The molecule has 0 spiro atoms. The fourth-order valence-electron chi connectivity index (χ4n) is 2.95. The number of alkyl halides is 3. The molecule has 0 radical (unpaired) electrons. The van der Waals surface area contributed by atoms with Gasteiger partial charge in [-0.3, -0.25) is 9.59 Å². The Kier molecular flexibility index (Phi) is 5.50. The van der Waals surface area contributed by atoms with E-state index in [9.17, 15) is 22.8 Å². The molecule has 1 N–H and O–H groups in total. The second-order valence-corrected chi connectivity index (χ2v) is 7.64. The number of aromatic nitrogens is 1. The summed E-state index contributed by atoms with van der Waals surface area (Å²) in [5.41, 5.74) is -0.573. The third-order valence-electron chi connectivity index (χ3n) is 4.46. The fraction of sp³-hybridized carbons (Fsp3) is 0.389. The quantitative estimate of drug-likeness (QED) is 0.853. The van der Waals surface area contributed by atoms with Gasteiger partial charge in [-0.05, 0) is 44.0 Å².